The molecule has 0 saturated carbocycles. The molecule has 0 saturated heterocycles. The first-order chi connectivity index (χ1) is 27.3. The lowest BCUT2D eigenvalue weighted by Gasteiger charge is -2.43. The van der Waals surface area contributed by atoms with Crippen molar-refractivity contribution in [3.8, 4) is 27.9 Å². The number of hydrogen-bond acceptors (Lipinski definition) is 0. The molecule has 0 unspecified atom stereocenters. The van der Waals surface area contributed by atoms with Gasteiger partial charge in [-0.1, -0.05) is 194 Å². The Balaban J connectivity index is 1.23. The van der Waals surface area contributed by atoms with Crippen LogP contribution >= 0.6 is 0 Å². The highest BCUT2D eigenvalue weighted by molar-refractivity contribution is 6.17. The Bertz CT molecular complexity index is 3110. The van der Waals surface area contributed by atoms with E-state index in [2.05, 4.69) is 211 Å². The SMILES string of the molecule is c1ccc(-c2ccccc2C2c3ccccc3C3(c4ccccc4-c4c3ccc3c5ccccc5n(-c5cccc6ccccc56)c43)c3ccccc32)cc1. The van der Waals surface area contributed by atoms with Crippen LogP contribution in [0.3, 0.4) is 0 Å². The molecular formula is C54H35N. The lowest BCUT2D eigenvalue weighted by molar-refractivity contribution is 0.697. The van der Waals surface area contributed by atoms with Gasteiger partial charge in [-0.2, -0.15) is 0 Å². The number of fused-ring (bicyclic) bond motifs is 14. The predicted octanol–water partition coefficient (Wildman–Crippen LogP) is 13.5. The van der Waals surface area contributed by atoms with Crippen LogP contribution in [0, 0.1) is 0 Å². The highest BCUT2D eigenvalue weighted by atomic mass is 15.0. The monoisotopic (exact) mass is 697 g/mol. The van der Waals surface area contributed by atoms with Crippen LogP contribution in [0.15, 0.2) is 206 Å². The first kappa shape index (κ1) is 30.5. The molecule has 0 N–H and O–H groups in total. The molecule has 1 heteroatoms. The van der Waals surface area contributed by atoms with Crippen LogP contribution in [-0.4, -0.2) is 4.57 Å². The molecule has 1 heterocycles. The van der Waals surface area contributed by atoms with Gasteiger partial charge in [-0.3, -0.25) is 0 Å². The second kappa shape index (κ2) is 11.5. The smallest absolute Gasteiger partial charge is 0.0720 e. The van der Waals surface area contributed by atoms with Crippen molar-refractivity contribution in [2.24, 2.45) is 0 Å². The summed E-state index contributed by atoms with van der Waals surface area (Å²) in [5.41, 5.74) is 17.8. The van der Waals surface area contributed by atoms with Crippen molar-refractivity contribution < 1.29 is 0 Å². The highest BCUT2D eigenvalue weighted by Crippen LogP contribution is 2.63. The van der Waals surface area contributed by atoms with Crippen LogP contribution in [-0.2, 0) is 5.41 Å². The van der Waals surface area contributed by atoms with E-state index in [1.165, 1.54) is 99.5 Å². The van der Waals surface area contributed by atoms with Gasteiger partial charge >= 0.3 is 0 Å². The van der Waals surface area contributed by atoms with Gasteiger partial charge < -0.3 is 4.57 Å². The Morgan fingerprint density at radius 1 is 0.364 bits per heavy atom. The van der Waals surface area contributed by atoms with E-state index in [9.17, 15) is 0 Å². The molecule has 0 aliphatic heterocycles. The first-order valence-corrected chi connectivity index (χ1v) is 19.3. The maximum absolute atomic E-state index is 2.56. The van der Waals surface area contributed by atoms with Crippen molar-refractivity contribution in [1.82, 2.24) is 4.57 Å². The zero-order valence-corrected chi connectivity index (χ0v) is 30.2. The molecule has 2 aliphatic rings. The van der Waals surface area contributed by atoms with E-state index in [0.29, 0.717) is 0 Å². The fraction of sp³-hybridized carbons (Fsp3) is 0.0370. The first-order valence-electron chi connectivity index (χ1n) is 19.3. The minimum absolute atomic E-state index is 0.0662. The largest absolute Gasteiger partial charge is 0.308 e. The zero-order chi connectivity index (χ0) is 36.1. The van der Waals surface area contributed by atoms with Crippen LogP contribution in [0.2, 0.25) is 0 Å². The average Bonchev–Trinajstić information content (AvgIpc) is 3.75. The summed E-state index contributed by atoms with van der Waals surface area (Å²) in [6.07, 6.45) is 0. The highest BCUT2D eigenvalue weighted by Gasteiger charge is 2.52. The van der Waals surface area contributed by atoms with E-state index >= 15 is 0 Å². The maximum atomic E-state index is 2.56. The molecular weight excluding hydrogens is 663 g/mol. The number of para-hydroxylation sites is 1. The third kappa shape index (κ3) is 4.02. The molecule has 1 spiro atoms. The van der Waals surface area contributed by atoms with Crippen LogP contribution < -0.4 is 0 Å². The van der Waals surface area contributed by atoms with Gasteiger partial charge in [0.05, 0.1) is 22.1 Å². The minimum Gasteiger partial charge on any atom is -0.308 e. The van der Waals surface area contributed by atoms with E-state index < -0.39 is 5.41 Å². The molecule has 9 aromatic carbocycles. The molecule has 12 rings (SSSR count). The molecule has 2 aliphatic carbocycles. The zero-order valence-electron chi connectivity index (χ0n) is 30.2. The number of nitrogens with zero attached hydrogens (tertiary/aromatic N) is 1. The summed E-state index contributed by atoms with van der Waals surface area (Å²) >= 11 is 0. The fourth-order valence-corrected chi connectivity index (χ4v) is 10.5. The van der Waals surface area contributed by atoms with Gasteiger partial charge in [-0.25, -0.2) is 0 Å². The van der Waals surface area contributed by atoms with E-state index in [1.54, 1.807) is 0 Å². The van der Waals surface area contributed by atoms with E-state index in [4.69, 9.17) is 0 Å². The lowest BCUT2D eigenvalue weighted by Crippen LogP contribution is -2.36. The molecule has 1 nitrogen and oxygen atoms in total. The standard InChI is InChI=1S/C54H35N/c1-2-17-35(18-3-1)37-21-6-7-24-40(37)51-42-25-8-12-28-45(42)54(46-29-13-9-26-43(46)51)47-30-14-10-27-44(47)52-48(54)34-33-41-39-23-11-15-31-50(39)55(53(41)52)49-32-16-20-36-19-4-5-22-38(36)49/h1-34,51H. The summed E-state index contributed by atoms with van der Waals surface area (Å²) < 4.78 is 2.56. The van der Waals surface area contributed by atoms with Gasteiger partial charge in [-0.15, -0.1) is 0 Å². The summed E-state index contributed by atoms with van der Waals surface area (Å²) in [4.78, 5) is 0. The normalized spacial score (nSPS) is 16.6. The van der Waals surface area contributed by atoms with Crippen molar-refractivity contribution in [1.29, 1.82) is 0 Å². The van der Waals surface area contributed by atoms with Gasteiger partial charge in [-0.05, 0) is 73.2 Å². The van der Waals surface area contributed by atoms with Gasteiger partial charge in [0.2, 0.25) is 0 Å². The quantitative estimate of drug-likeness (QED) is 0.173. The Morgan fingerprint density at radius 2 is 0.945 bits per heavy atom. The third-order valence-electron chi connectivity index (χ3n) is 12.6. The molecule has 0 atom stereocenters. The lowest BCUT2D eigenvalue weighted by atomic mass is 9.58. The van der Waals surface area contributed by atoms with Gasteiger partial charge in [0, 0.05) is 27.6 Å². The number of hydrogen-bond donors (Lipinski definition) is 0. The second-order valence-electron chi connectivity index (χ2n) is 15.1. The third-order valence-corrected chi connectivity index (χ3v) is 12.6. The Labute approximate surface area is 320 Å². The molecule has 10 aromatic rings. The molecule has 0 radical (unpaired) electrons. The van der Waals surface area contributed by atoms with Crippen LogP contribution in [0.5, 0.6) is 0 Å². The number of aromatic nitrogens is 1. The molecule has 1 aromatic heterocycles. The summed E-state index contributed by atoms with van der Waals surface area (Å²) in [6, 6.07) is 77.1. The van der Waals surface area contributed by atoms with Crippen LogP contribution in [0.4, 0.5) is 0 Å². The van der Waals surface area contributed by atoms with E-state index in [0.717, 1.165) is 0 Å². The van der Waals surface area contributed by atoms with E-state index in [-0.39, 0.29) is 5.92 Å². The van der Waals surface area contributed by atoms with Crippen molar-refractivity contribution >= 4 is 32.6 Å². The number of benzene rings is 9. The summed E-state index contributed by atoms with van der Waals surface area (Å²) in [6.45, 7) is 0. The molecule has 55 heavy (non-hydrogen) atoms. The predicted molar refractivity (Wildman–Crippen MR) is 228 cm³/mol. The Kier molecular flexibility index (Phi) is 6.39. The molecule has 0 fully saturated rings. The van der Waals surface area contributed by atoms with Crippen molar-refractivity contribution in [2.75, 3.05) is 0 Å². The van der Waals surface area contributed by atoms with Crippen LogP contribution in [0.1, 0.15) is 44.9 Å². The van der Waals surface area contributed by atoms with Crippen LogP contribution in [0.25, 0.3) is 60.5 Å². The summed E-state index contributed by atoms with van der Waals surface area (Å²) in [5.74, 6) is 0.0662. The number of rotatable bonds is 3. The summed E-state index contributed by atoms with van der Waals surface area (Å²) in [5, 5.41) is 5.04. The van der Waals surface area contributed by atoms with Crippen molar-refractivity contribution in [3.05, 3.63) is 245 Å². The maximum Gasteiger partial charge on any atom is 0.0720 e. The molecule has 256 valence electrons. The van der Waals surface area contributed by atoms with Crippen molar-refractivity contribution in [3.63, 3.8) is 0 Å². The average molecular weight is 698 g/mol. The van der Waals surface area contributed by atoms with Gasteiger partial charge in [0.15, 0.2) is 0 Å². The Hall–Kier alpha value is -6.96. The summed E-state index contributed by atoms with van der Waals surface area (Å²) in [7, 11) is 0. The molecule has 0 amide bonds. The van der Waals surface area contributed by atoms with E-state index in [1.807, 2.05) is 0 Å². The molecule has 0 bridgehead atoms. The minimum atomic E-state index is -0.508. The Morgan fingerprint density at radius 3 is 1.73 bits per heavy atom. The van der Waals surface area contributed by atoms with Gasteiger partial charge in [0.25, 0.3) is 0 Å². The van der Waals surface area contributed by atoms with Crippen molar-refractivity contribution in [2.45, 2.75) is 11.3 Å². The fourth-order valence-electron chi connectivity index (χ4n) is 10.5. The topological polar surface area (TPSA) is 4.93 Å². The van der Waals surface area contributed by atoms with Gasteiger partial charge in [0.1, 0.15) is 0 Å². The second-order valence-corrected chi connectivity index (χ2v) is 15.1.